The summed E-state index contributed by atoms with van der Waals surface area (Å²) in [7, 11) is 0. The minimum Gasteiger partial charge on any atom is -0.550 e. The molecule has 0 aromatic carbocycles. The third-order valence-corrected chi connectivity index (χ3v) is 2.11. The van der Waals surface area contributed by atoms with Crippen LogP contribution in [0.15, 0.2) is 0 Å². The van der Waals surface area contributed by atoms with Gasteiger partial charge in [0.25, 0.3) is 0 Å². The fraction of sp³-hybridized carbons (Fsp3) is 0.556. The quantitative estimate of drug-likeness (QED) is 0.344. The second-order valence-electron chi connectivity index (χ2n) is 3.49. The Hall–Kier alpha value is 4.35. The van der Waals surface area contributed by atoms with Crippen molar-refractivity contribution in [1.82, 2.24) is 4.90 Å². The van der Waals surface area contributed by atoms with Crippen LogP contribution >= 0.6 is 0 Å². The van der Waals surface area contributed by atoms with Gasteiger partial charge in [-0.25, -0.2) is 0 Å². The average Bonchev–Trinajstić information content (AvgIpc) is 2.24. The molecule has 0 aliphatic heterocycles. The molecule has 10 nitrogen and oxygen atoms in total. The van der Waals surface area contributed by atoms with Crippen LogP contribution in [0.25, 0.3) is 0 Å². The Morgan fingerprint density at radius 1 is 0.826 bits per heavy atom. The molecule has 0 aliphatic rings. The predicted molar refractivity (Wildman–Crippen MR) is 46.0 cm³/mol. The predicted octanol–water partition coefficient (Wildman–Crippen LogP) is -19.6. The molecule has 0 aliphatic carbocycles. The zero-order chi connectivity index (χ0) is 15.2. The molecule has 0 bridgehead atoms. The van der Waals surface area contributed by atoms with E-state index in [4.69, 9.17) is 5.11 Å². The Morgan fingerprint density at radius 2 is 1.26 bits per heavy atom. The third kappa shape index (κ3) is 18.1. The van der Waals surface area contributed by atoms with Crippen LogP contribution in [0.5, 0.6) is 0 Å². The summed E-state index contributed by atoms with van der Waals surface area (Å²) in [5.74, 6) is -7.69. The van der Waals surface area contributed by atoms with Crippen LogP contribution in [-0.2, 0) is 19.2 Å². The molecular formula is C9H9K4NO9. The van der Waals surface area contributed by atoms with Crippen molar-refractivity contribution >= 4 is 23.9 Å². The van der Waals surface area contributed by atoms with E-state index in [-0.39, 0.29) is 206 Å². The summed E-state index contributed by atoms with van der Waals surface area (Å²) in [5, 5.41) is 50.9. The second-order valence-corrected chi connectivity index (χ2v) is 3.49. The maximum atomic E-state index is 10.7. The molecule has 1 N–H and O–H groups in total. The van der Waals surface area contributed by atoms with Crippen LogP contribution in [0.3, 0.4) is 0 Å². The molecule has 0 amide bonds. The smallest absolute Gasteiger partial charge is 0.550 e. The third-order valence-electron chi connectivity index (χ3n) is 2.11. The van der Waals surface area contributed by atoms with Crippen molar-refractivity contribution in [2.75, 3.05) is 13.1 Å². The Bertz CT molecular complexity index is 395. The topological polar surface area (TPSA) is 184 Å². The maximum absolute atomic E-state index is 10.7. The zero-order valence-corrected chi connectivity index (χ0v) is 25.9. The zero-order valence-electron chi connectivity index (χ0n) is 13.4. The van der Waals surface area contributed by atoms with Crippen LogP contribution < -0.4 is 226 Å². The molecule has 0 fully saturated rings. The fourth-order valence-corrected chi connectivity index (χ4v) is 1.32. The molecule has 2 atom stereocenters. The molecule has 0 saturated heterocycles. The molecule has 0 saturated carbocycles. The van der Waals surface area contributed by atoms with Crippen LogP contribution in [-0.4, -0.2) is 59.1 Å². The molecule has 0 radical (unpaired) electrons. The first kappa shape index (κ1) is 38.0. The summed E-state index contributed by atoms with van der Waals surface area (Å²) in [6.45, 7) is -1.81. The van der Waals surface area contributed by atoms with E-state index in [9.17, 15) is 39.6 Å². The van der Waals surface area contributed by atoms with E-state index in [1.807, 2.05) is 0 Å². The van der Waals surface area contributed by atoms with Crippen molar-refractivity contribution < 1.29 is 250 Å². The number of aliphatic hydroxyl groups excluding tert-OH is 1. The van der Waals surface area contributed by atoms with Gasteiger partial charge < -0.3 is 44.7 Å². The Kier molecular flexibility index (Phi) is 34.8. The molecule has 0 spiro atoms. The summed E-state index contributed by atoms with van der Waals surface area (Å²) in [6, 6.07) is -2.29. The van der Waals surface area contributed by atoms with Crippen molar-refractivity contribution in [2.45, 2.75) is 18.6 Å². The van der Waals surface area contributed by atoms with E-state index < -0.39 is 55.5 Å². The van der Waals surface area contributed by atoms with Crippen LogP contribution in [0, 0.1) is 0 Å². The van der Waals surface area contributed by atoms with E-state index in [1.54, 1.807) is 0 Å². The van der Waals surface area contributed by atoms with Gasteiger partial charge in [-0.2, -0.15) is 0 Å². The normalized spacial score (nSPS) is 11.4. The van der Waals surface area contributed by atoms with Gasteiger partial charge in [0.15, 0.2) is 0 Å². The number of carbonyl (C=O) groups excluding carboxylic acids is 4. The Morgan fingerprint density at radius 3 is 1.52 bits per heavy atom. The van der Waals surface area contributed by atoms with Gasteiger partial charge in [0.05, 0.1) is 23.9 Å². The molecule has 1 unspecified atom stereocenters. The van der Waals surface area contributed by atoms with Crippen LogP contribution in [0.4, 0.5) is 0 Å². The van der Waals surface area contributed by atoms with Crippen molar-refractivity contribution in [1.29, 1.82) is 0 Å². The molecule has 108 valence electrons. The first-order valence-electron chi connectivity index (χ1n) is 4.90. The number of hydrogen-bond donors (Lipinski definition) is 1. The summed E-state index contributed by atoms with van der Waals surface area (Å²) in [6.07, 6.45) is -3.37. The van der Waals surface area contributed by atoms with Crippen LogP contribution in [0.1, 0.15) is 6.42 Å². The van der Waals surface area contributed by atoms with Gasteiger partial charge in [-0.05, 0) is 6.42 Å². The standard InChI is InChI=1S/C9H13NO9.4K/c11-4(12)1-2-10(3-5(13)14)6(8(16)17)7(15)9(18)19;;;;/h6-7,15H,1-3H2,(H,11,12)(H,13,14)(H,16,17)(H,18,19);;;;/q;4*+1/p-4/t6-,7?;;;;/m0..../s1. The van der Waals surface area contributed by atoms with Gasteiger partial charge in [-0.1, -0.05) is 0 Å². The van der Waals surface area contributed by atoms with Gasteiger partial charge in [-0.15, -0.1) is 0 Å². The molecule has 0 heterocycles. The Balaban J connectivity index is -0.000000270. The number of carboxylic acid groups (broad SMARTS) is 4. The van der Waals surface area contributed by atoms with Gasteiger partial charge in [0.2, 0.25) is 0 Å². The fourth-order valence-electron chi connectivity index (χ4n) is 1.32. The average molecular weight is 432 g/mol. The van der Waals surface area contributed by atoms with Gasteiger partial charge in [0, 0.05) is 19.1 Å². The number of carboxylic acids is 4. The SMILES string of the molecule is O=C([O-])CCN(CC(=O)[O-])[C@H](C(=O)[O-])C(O)C(=O)[O-].[K+].[K+].[K+].[K+]. The number of carbonyl (C=O) groups is 4. The molecule has 0 rings (SSSR count). The van der Waals surface area contributed by atoms with E-state index in [1.165, 1.54) is 0 Å². The largest absolute Gasteiger partial charge is 1.00 e. The summed E-state index contributed by atoms with van der Waals surface area (Å²) < 4.78 is 0. The number of aliphatic hydroxyl groups is 1. The van der Waals surface area contributed by atoms with E-state index >= 15 is 0 Å². The van der Waals surface area contributed by atoms with E-state index in [2.05, 4.69) is 0 Å². The van der Waals surface area contributed by atoms with Gasteiger partial charge in [0.1, 0.15) is 6.10 Å². The van der Waals surface area contributed by atoms with Crippen molar-refractivity contribution in [3.63, 3.8) is 0 Å². The number of aliphatic carboxylic acids is 4. The first-order chi connectivity index (χ1) is 8.66. The second kappa shape index (κ2) is 21.1. The summed E-state index contributed by atoms with van der Waals surface area (Å²) >= 11 is 0. The minimum absolute atomic E-state index is 0. The summed E-state index contributed by atoms with van der Waals surface area (Å²) in [4.78, 5) is 42.1. The van der Waals surface area contributed by atoms with Crippen LogP contribution in [0.2, 0.25) is 0 Å². The summed E-state index contributed by atoms with van der Waals surface area (Å²) in [5.41, 5.74) is 0. The first-order valence-corrected chi connectivity index (χ1v) is 4.90. The number of nitrogens with zero attached hydrogens (tertiary/aromatic N) is 1. The van der Waals surface area contributed by atoms with E-state index in [0.29, 0.717) is 4.90 Å². The maximum Gasteiger partial charge on any atom is 1.00 e. The monoisotopic (exact) mass is 431 g/mol. The Labute approximate surface area is 302 Å². The molecular weight excluding hydrogens is 422 g/mol. The van der Waals surface area contributed by atoms with Crippen molar-refractivity contribution in [3.8, 4) is 0 Å². The number of rotatable bonds is 9. The van der Waals surface area contributed by atoms with Crippen molar-refractivity contribution in [3.05, 3.63) is 0 Å². The van der Waals surface area contributed by atoms with E-state index in [0.717, 1.165) is 0 Å². The molecule has 0 aromatic rings. The molecule has 23 heavy (non-hydrogen) atoms. The minimum atomic E-state index is -2.59. The number of hydrogen-bond acceptors (Lipinski definition) is 10. The molecule has 0 aromatic heterocycles. The van der Waals surface area contributed by atoms with Crippen molar-refractivity contribution in [2.24, 2.45) is 0 Å². The molecule has 14 heteroatoms. The van der Waals surface area contributed by atoms with Gasteiger partial charge in [-0.3, -0.25) is 4.90 Å². The van der Waals surface area contributed by atoms with Gasteiger partial charge >= 0.3 is 206 Å².